The van der Waals surface area contributed by atoms with Crippen LogP contribution in [0.3, 0.4) is 0 Å². The summed E-state index contributed by atoms with van der Waals surface area (Å²) in [4.78, 5) is 11.9. The third-order valence-corrected chi connectivity index (χ3v) is 3.12. The van der Waals surface area contributed by atoms with Gasteiger partial charge < -0.3 is 4.74 Å². The topological polar surface area (TPSA) is 55.0 Å². The number of ether oxygens (including phenoxy) is 1. The van der Waals surface area contributed by atoms with E-state index in [1.165, 1.54) is 25.4 Å². The Morgan fingerprint density at radius 3 is 2.60 bits per heavy atom. The summed E-state index contributed by atoms with van der Waals surface area (Å²) in [5.74, 6) is 0.218. The molecule has 1 N–H and O–H groups in total. The second-order valence-electron chi connectivity index (χ2n) is 4.34. The predicted octanol–water partition coefficient (Wildman–Crippen LogP) is 2.74. The monoisotopic (exact) mass is 270 g/mol. The Labute approximate surface area is 113 Å². The van der Waals surface area contributed by atoms with Gasteiger partial charge in [0, 0.05) is 0 Å². The number of rotatable bonds is 2. The average Bonchev–Trinajstić information content (AvgIpc) is 2.47. The zero-order valence-electron chi connectivity index (χ0n) is 10.7. The third kappa shape index (κ3) is 2.03. The van der Waals surface area contributed by atoms with Gasteiger partial charge in [0.15, 0.2) is 0 Å². The molecule has 0 unspecified atom stereocenters. The Hall–Kier alpha value is -2.69. The van der Waals surface area contributed by atoms with Crippen molar-refractivity contribution >= 4 is 10.9 Å². The largest absolute Gasteiger partial charge is 0.494 e. The first kappa shape index (κ1) is 12.3. The molecule has 20 heavy (non-hydrogen) atoms. The van der Waals surface area contributed by atoms with Crippen LogP contribution in [-0.2, 0) is 0 Å². The molecule has 3 rings (SSSR count). The van der Waals surface area contributed by atoms with E-state index < -0.39 is 0 Å². The molecule has 0 amide bonds. The number of aromatic amines is 1. The molecule has 0 saturated carbocycles. The van der Waals surface area contributed by atoms with Crippen molar-refractivity contribution in [3.8, 4) is 16.9 Å². The van der Waals surface area contributed by atoms with Gasteiger partial charge in [0.05, 0.1) is 18.7 Å². The minimum Gasteiger partial charge on any atom is -0.494 e. The number of fused-ring (bicyclic) bond motifs is 1. The Bertz CT molecular complexity index is 825. The normalized spacial score (nSPS) is 10.7. The highest BCUT2D eigenvalue weighted by Gasteiger charge is 2.09. The predicted molar refractivity (Wildman–Crippen MR) is 74.3 cm³/mol. The lowest BCUT2D eigenvalue weighted by atomic mass is 10.0. The van der Waals surface area contributed by atoms with E-state index in [1.54, 1.807) is 24.3 Å². The Balaban J connectivity index is 2.29. The molecule has 0 fully saturated rings. The van der Waals surface area contributed by atoms with Crippen LogP contribution in [0.5, 0.6) is 5.75 Å². The summed E-state index contributed by atoms with van der Waals surface area (Å²) < 4.78 is 18.3. The second-order valence-corrected chi connectivity index (χ2v) is 4.34. The van der Waals surface area contributed by atoms with Crippen LogP contribution in [-0.4, -0.2) is 17.3 Å². The van der Waals surface area contributed by atoms with Gasteiger partial charge in [-0.1, -0.05) is 12.1 Å². The summed E-state index contributed by atoms with van der Waals surface area (Å²) in [5.41, 5.74) is 1.95. The van der Waals surface area contributed by atoms with E-state index in [4.69, 9.17) is 4.74 Å². The van der Waals surface area contributed by atoms with Crippen molar-refractivity contribution in [1.82, 2.24) is 10.2 Å². The molecule has 0 spiro atoms. The summed E-state index contributed by atoms with van der Waals surface area (Å²) in [5, 5.41) is 7.02. The molecule has 3 aromatic rings. The lowest BCUT2D eigenvalue weighted by molar-refractivity contribution is 0.418. The van der Waals surface area contributed by atoms with Crippen molar-refractivity contribution in [3.63, 3.8) is 0 Å². The zero-order chi connectivity index (χ0) is 14.1. The van der Waals surface area contributed by atoms with E-state index in [9.17, 15) is 9.18 Å². The SMILES string of the molecule is COc1cc(-c2ccc(F)cc2)cc2c(=O)cn[nH]c12. The standard InChI is InChI=1S/C15H11FN2O2/c1-20-14-7-10(9-2-4-11(16)5-3-9)6-12-13(19)8-17-18-15(12)14/h2-8H,1H3,(H,18,19). The average molecular weight is 270 g/mol. The first-order valence-electron chi connectivity index (χ1n) is 6.00. The molecule has 2 aromatic carbocycles. The molecule has 0 aliphatic carbocycles. The Morgan fingerprint density at radius 1 is 1.15 bits per heavy atom. The lowest BCUT2D eigenvalue weighted by Crippen LogP contribution is -2.04. The van der Waals surface area contributed by atoms with Crippen molar-refractivity contribution in [2.45, 2.75) is 0 Å². The molecular formula is C15H11FN2O2. The van der Waals surface area contributed by atoms with Gasteiger partial charge in [-0.25, -0.2) is 4.39 Å². The molecule has 0 saturated heterocycles. The molecule has 0 bridgehead atoms. The summed E-state index contributed by atoms with van der Waals surface area (Å²) in [6.45, 7) is 0. The zero-order valence-corrected chi connectivity index (χ0v) is 10.7. The fourth-order valence-electron chi connectivity index (χ4n) is 2.12. The van der Waals surface area contributed by atoms with Crippen LogP contribution in [0, 0.1) is 5.82 Å². The van der Waals surface area contributed by atoms with Gasteiger partial charge in [-0.15, -0.1) is 0 Å². The number of aromatic nitrogens is 2. The summed E-state index contributed by atoms with van der Waals surface area (Å²) in [7, 11) is 1.52. The Morgan fingerprint density at radius 2 is 1.90 bits per heavy atom. The molecule has 100 valence electrons. The van der Waals surface area contributed by atoms with Crippen LogP contribution in [0.15, 0.2) is 47.4 Å². The van der Waals surface area contributed by atoms with Crippen LogP contribution in [0.25, 0.3) is 22.0 Å². The first-order chi connectivity index (χ1) is 9.69. The van der Waals surface area contributed by atoms with Gasteiger partial charge in [-0.3, -0.25) is 9.89 Å². The van der Waals surface area contributed by atoms with Gasteiger partial charge in [0.2, 0.25) is 5.43 Å². The molecule has 5 heteroatoms. The highest BCUT2D eigenvalue weighted by Crippen LogP contribution is 2.29. The van der Waals surface area contributed by atoms with Gasteiger partial charge in [0.25, 0.3) is 0 Å². The Kier molecular flexibility index (Phi) is 2.95. The highest BCUT2D eigenvalue weighted by molar-refractivity contribution is 5.89. The van der Waals surface area contributed by atoms with E-state index in [1.807, 2.05) is 0 Å². The summed E-state index contributed by atoms with van der Waals surface area (Å²) >= 11 is 0. The van der Waals surface area contributed by atoms with Crippen molar-refractivity contribution in [1.29, 1.82) is 0 Å². The minimum absolute atomic E-state index is 0.194. The molecule has 1 aromatic heterocycles. The van der Waals surface area contributed by atoms with Crippen LogP contribution >= 0.6 is 0 Å². The van der Waals surface area contributed by atoms with Gasteiger partial charge in [-0.2, -0.15) is 5.10 Å². The number of methoxy groups -OCH3 is 1. The summed E-state index contributed by atoms with van der Waals surface area (Å²) in [6.07, 6.45) is 1.22. The number of H-pyrrole nitrogens is 1. The van der Waals surface area contributed by atoms with Gasteiger partial charge >= 0.3 is 0 Å². The molecule has 0 atom stereocenters. The van der Waals surface area contributed by atoms with Gasteiger partial charge in [0.1, 0.15) is 17.1 Å². The van der Waals surface area contributed by atoms with Crippen LogP contribution in [0.2, 0.25) is 0 Å². The van der Waals surface area contributed by atoms with E-state index in [-0.39, 0.29) is 11.2 Å². The van der Waals surface area contributed by atoms with Crippen molar-refractivity contribution < 1.29 is 9.13 Å². The van der Waals surface area contributed by atoms with Crippen LogP contribution in [0.1, 0.15) is 0 Å². The maximum absolute atomic E-state index is 13.0. The quantitative estimate of drug-likeness (QED) is 0.779. The van der Waals surface area contributed by atoms with Crippen molar-refractivity contribution in [2.75, 3.05) is 7.11 Å². The number of nitrogens with zero attached hydrogens (tertiary/aromatic N) is 1. The van der Waals surface area contributed by atoms with E-state index in [2.05, 4.69) is 10.2 Å². The molecular weight excluding hydrogens is 259 g/mol. The van der Waals surface area contributed by atoms with Gasteiger partial charge in [-0.05, 0) is 35.4 Å². The maximum atomic E-state index is 13.0. The molecule has 0 aliphatic heterocycles. The molecule has 4 nitrogen and oxygen atoms in total. The minimum atomic E-state index is -0.302. The smallest absolute Gasteiger partial charge is 0.208 e. The van der Waals surface area contributed by atoms with Crippen LogP contribution in [0.4, 0.5) is 4.39 Å². The molecule has 1 heterocycles. The van der Waals surface area contributed by atoms with Crippen molar-refractivity contribution in [3.05, 3.63) is 58.6 Å². The summed E-state index contributed by atoms with van der Waals surface area (Å²) in [6, 6.07) is 9.60. The number of hydrogen-bond donors (Lipinski definition) is 1. The number of nitrogens with one attached hydrogen (secondary N) is 1. The lowest BCUT2D eigenvalue weighted by Gasteiger charge is -2.08. The maximum Gasteiger partial charge on any atom is 0.208 e. The van der Waals surface area contributed by atoms with Crippen LogP contribution < -0.4 is 10.2 Å². The fraction of sp³-hybridized carbons (Fsp3) is 0.0667. The second kappa shape index (κ2) is 4.77. The fourth-order valence-corrected chi connectivity index (χ4v) is 2.12. The van der Waals surface area contributed by atoms with E-state index >= 15 is 0 Å². The van der Waals surface area contributed by atoms with E-state index in [0.29, 0.717) is 16.7 Å². The van der Waals surface area contributed by atoms with Crippen molar-refractivity contribution in [2.24, 2.45) is 0 Å². The van der Waals surface area contributed by atoms with E-state index in [0.717, 1.165) is 11.1 Å². The molecule has 0 aliphatic rings. The molecule has 0 radical (unpaired) electrons. The number of hydrogen-bond acceptors (Lipinski definition) is 3. The number of halogens is 1. The third-order valence-electron chi connectivity index (χ3n) is 3.12. The number of benzene rings is 2. The first-order valence-corrected chi connectivity index (χ1v) is 6.00. The highest BCUT2D eigenvalue weighted by atomic mass is 19.1.